The Morgan fingerprint density at radius 3 is 2.48 bits per heavy atom. The zero-order valence-electron chi connectivity index (χ0n) is 14.2. The van der Waals surface area contributed by atoms with Gasteiger partial charge in [0.25, 0.3) is 0 Å². The third-order valence-corrected chi connectivity index (χ3v) is 3.74. The molecule has 1 aliphatic rings. The molecule has 0 aromatic carbocycles. The summed E-state index contributed by atoms with van der Waals surface area (Å²) < 4.78 is 10.6. The number of nitrogens with zero attached hydrogens (tertiary/aromatic N) is 2. The number of hydrogen-bond acceptors (Lipinski definition) is 5. The number of amides is 1. The molecule has 0 atom stereocenters. The molecule has 1 amide bonds. The van der Waals surface area contributed by atoms with Crippen molar-refractivity contribution in [2.75, 3.05) is 20.2 Å². The molecule has 0 radical (unpaired) electrons. The van der Waals surface area contributed by atoms with Crippen molar-refractivity contribution < 1.29 is 19.1 Å². The Morgan fingerprint density at radius 2 is 1.91 bits per heavy atom. The lowest BCUT2D eigenvalue weighted by atomic mass is 9.90. The lowest BCUT2D eigenvalue weighted by Crippen LogP contribution is -2.43. The van der Waals surface area contributed by atoms with E-state index in [1.165, 1.54) is 7.11 Å². The van der Waals surface area contributed by atoms with Crippen LogP contribution in [0.5, 0.6) is 5.75 Å². The number of ketones is 1. The predicted molar refractivity (Wildman–Crippen MR) is 85.7 cm³/mol. The van der Waals surface area contributed by atoms with E-state index in [2.05, 4.69) is 4.98 Å². The molecule has 0 saturated carbocycles. The van der Waals surface area contributed by atoms with Crippen molar-refractivity contribution in [3.63, 3.8) is 0 Å². The molecule has 1 fully saturated rings. The van der Waals surface area contributed by atoms with E-state index in [1.54, 1.807) is 23.2 Å². The molecular weight excluding hydrogens is 296 g/mol. The maximum atomic E-state index is 12.6. The Morgan fingerprint density at radius 1 is 1.26 bits per heavy atom. The van der Waals surface area contributed by atoms with Gasteiger partial charge in [0.2, 0.25) is 0 Å². The Bertz CT molecular complexity index is 572. The highest BCUT2D eigenvalue weighted by molar-refractivity contribution is 5.98. The fraction of sp³-hybridized carbons (Fsp3) is 0.588. The summed E-state index contributed by atoms with van der Waals surface area (Å²) in [6.07, 6.45) is 2.49. The van der Waals surface area contributed by atoms with Crippen LogP contribution in [0.3, 0.4) is 0 Å². The van der Waals surface area contributed by atoms with E-state index in [9.17, 15) is 9.59 Å². The van der Waals surface area contributed by atoms with E-state index in [0.29, 0.717) is 37.4 Å². The van der Waals surface area contributed by atoms with Crippen LogP contribution in [0.4, 0.5) is 4.79 Å². The number of carbonyl (C=O) groups excluding carboxylic acids is 2. The van der Waals surface area contributed by atoms with Gasteiger partial charge in [0.1, 0.15) is 17.0 Å². The van der Waals surface area contributed by atoms with Crippen molar-refractivity contribution in [2.24, 2.45) is 5.92 Å². The monoisotopic (exact) mass is 320 g/mol. The molecule has 126 valence electrons. The average Bonchev–Trinajstić information content (AvgIpc) is 2.52. The maximum Gasteiger partial charge on any atom is 0.410 e. The van der Waals surface area contributed by atoms with Crippen LogP contribution in [0.15, 0.2) is 18.3 Å². The number of likely N-dealkylation sites (tertiary alicyclic amines) is 1. The summed E-state index contributed by atoms with van der Waals surface area (Å²) in [6, 6.07) is 3.47. The number of Topliss-reactive ketones (excluding diaryl/α,β-unsaturated/α-hetero) is 1. The number of ether oxygens (including phenoxy) is 2. The number of piperidine rings is 1. The minimum absolute atomic E-state index is 0.0220. The van der Waals surface area contributed by atoms with Crippen molar-refractivity contribution >= 4 is 11.9 Å². The fourth-order valence-electron chi connectivity index (χ4n) is 2.58. The van der Waals surface area contributed by atoms with E-state index < -0.39 is 5.60 Å². The van der Waals surface area contributed by atoms with Gasteiger partial charge in [-0.2, -0.15) is 0 Å². The normalized spacial score (nSPS) is 16.1. The van der Waals surface area contributed by atoms with Crippen LogP contribution < -0.4 is 4.74 Å². The SMILES string of the molecule is COc1cccnc1C(=O)C1CCN(C(=O)OC(C)(C)C)CC1. The molecule has 0 spiro atoms. The summed E-state index contributed by atoms with van der Waals surface area (Å²) in [5.74, 6) is 0.329. The van der Waals surface area contributed by atoms with Gasteiger partial charge >= 0.3 is 6.09 Å². The number of carbonyl (C=O) groups is 2. The first kappa shape index (κ1) is 17.2. The minimum atomic E-state index is -0.509. The molecule has 0 N–H and O–H groups in total. The van der Waals surface area contributed by atoms with Crippen molar-refractivity contribution in [3.05, 3.63) is 24.0 Å². The highest BCUT2D eigenvalue weighted by atomic mass is 16.6. The molecule has 0 unspecified atom stereocenters. The van der Waals surface area contributed by atoms with Crippen LogP contribution in [-0.4, -0.2) is 47.6 Å². The fourth-order valence-corrected chi connectivity index (χ4v) is 2.58. The van der Waals surface area contributed by atoms with E-state index in [0.717, 1.165) is 0 Å². The molecular formula is C17H24N2O4. The smallest absolute Gasteiger partial charge is 0.410 e. The second-order valence-corrected chi connectivity index (χ2v) is 6.66. The molecule has 1 aromatic rings. The minimum Gasteiger partial charge on any atom is -0.494 e. The zero-order valence-corrected chi connectivity index (χ0v) is 14.2. The largest absolute Gasteiger partial charge is 0.494 e. The van der Waals surface area contributed by atoms with E-state index in [-0.39, 0.29) is 17.8 Å². The predicted octanol–water partition coefficient (Wildman–Crippen LogP) is 2.92. The first-order chi connectivity index (χ1) is 10.8. The topological polar surface area (TPSA) is 68.7 Å². The molecule has 0 bridgehead atoms. The van der Waals surface area contributed by atoms with Crippen LogP contribution in [0.2, 0.25) is 0 Å². The van der Waals surface area contributed by atoms with Gasteiger partial charge in [-0.1, -0.05) is 0 Å². The lowest BCUT2D eigenvalue weighted by molar-refractivity contribution is 0.0182. The van der Waals surface area contributed by atoms with Gasteiger partial charge in [0.15, 0.2) is 5.78 Å². The molecule has 1 saturated heterocycles. The first-order valence-corrected chi connectivity index (χ1v) is 7.83. The maximum absolute atomic E-state index is 12.6. The summed E-state index contributed by atoms with van der Waals surface area (Å²) in [5, 5.41) is 0. The summed E-state index contributed by atoms with van der Waals surface area (Å²) >= 11 is 0. The van der Waals surface area contributed by atoms with Gasteiger partial charge in [-0.15, -0.1) is 0 Å². The Kier molecular flexibility index (Phi) is 5.23. The number of pyridine rings is 1. The Hall–Kier alpha value is -2.11. The van der Waals surface area contributed by atoms with Crippen molar-refractivity contribution in [2.45, 2.75) is 39.2 Å². The van der Waals surface area contributed by atoms with E-state index >= 15 is 0 Å². The third kappa shape index (κ3) is 4.43. The summed E-state index contributed by atoms with van der Waals surface area (Å²) in [5.41, 5.74) is -0.142. The molecule has 1 aromatic heterocycles. The van der Waals surface area contributed by atoms with Gasteiger partial charge in [-0.05, 0) is 45.7 Å². The molecule has 6 nitrogen and oxygen atoms in total. The van der Waals surface area contributed by atoms with Gasteiger partial charge in [0, 0.05) is 25.2 Å². The summed E-state index contributed by atoms with van der Waals surface area (Å²) in [6.45, 7) is 6.55. The number of hydrogen-bond donors (Lipinski definition) is 0. The molecule has 0 aliphatic carbocycles. The van der Waals surface area contributed by atoms with Crippen LogP contribution in [0.25, 0.3) is 0 Å². The lowest BCUT2D eigenvalue weighted by Gasteiger charge is -2.32. The van der Waals surface area contributed by atoms with Gasteiger partial charge < -0.3 is 14.4 Å². The van der Waals surface area contributed by atoms with Crippen LogP contribution in [0, 0.1) is 5.92 Å². The first-order valence-electron chi connectivity index (χ1n) is 7.83. The second-order valence-electron chi connectivity index (χ2n) is 6.66. The van der Waals surface area contributed by atoms with Crippen molar-refractivity contribution in [1.29, 1.82) is 0 Å². The highest BCUT2D eigenvalue weighted by Crippen LogP contribution is 2.26. The standard InChI is InChI=1S/C17H24N2O4/c1-17(2,3)23-16(21)19-10-7-12(8-11-19)15(20)14-13(22-4)6-5-9-18-14/h5-6,9,12H,7-8,10-11H2,1-4H3. The summed E-state index contributed by atoms with van der Waals surface area (Å²) in [7, 11) is 1.53. The average molecular weight is 320 g/mol. The van der Waals surface area contributed by atoms with Crippen LogP contribution in [0.1, 0.15) is 44.1 Å². The van der Waals surface area contributed by atoms with Gasteiger partial charge in [0.05, 0.1) is 7.11 Å². The summed E-state index contributed by atoms with van der Waals surface area (Å²) in [4.78, 5) is 30.5. The molecule has 1 aliphatic heterocycles. The van der Waals surface area contributed by atoms with Crippen LogP contribution >= 0.6 is 0 Å². The zero-order chi connectivity index (χ0) is 17.0. The molecule has 23 heavy (non-hydrogen) atoms. The van der Waals surface area contributed by atoms with Gasteiger partial charge in [-0.25, -0.2) is 9.78 Å². The number of methoxy groups -OCH3 is 1. The van der Waals surface area contributed by atoms with Crippen molar-refractivity contribution in [1.82, 2.24) is 9.88 Å². The second kappa shape index (κ2) is 6.98. The number of aromatic nitrogens is 1. The molecule has 2 heterocycles. The molecule has 6 heteroatoms. The third-order valence-electron chi connectivity index (χ3n) is 3.74. The van der Waals surface area contributed by atoms with Gasteiger partial charge in [-0.3, -0.25) is 4.79 Å². The quantitative estimate of drug-likeness (QED) is 0.801. The van der Waals surface area contributed by atoms with Crippen molar-refractivity contribution in [3.8, 4) is 5.75 Å². The van der Waals surface area contributed by atoms with Crippen LogP contribution in [-0.2, 0) is 4.74 Å². The Balaban J connectivity index is 1.96. The van der Waals surface area contributed by atoms with E-state index in [1.807, 2.05) is 20.8 Å². The highest BCUT2D eigenvalue weighted by Gasteiger charge is 2.31. The number of rotatable bonds is 3. The Labute approximate surface area is 136 Å². The van der Waals surface area contributed by atoms with E-state index in [4.69, 9.17) is 9.47 Å². The molecule has 2 rings (SSSR count).